The number of aromatic amines is 1. The number of hydrogen-bond acceptors (Lipinski definition) is 3. The van der Waals surface area contributed by atoms with E-state index in [0.717, 1.165) is 22.4 Å². The average molecular weight is 301 g/mol. The van der Waals surface area contributed by atoms with Gasteiger partial charge in [-0.05, 0) is 36.4 Å². The molecule has 1 aromatic heterocycles. The SMILES string of the molecule is CCNS(=O)(=O)c1ccc(-c2nc3ccccc3[nH]2)cc1. The largest absolute Gasteiger partial charge is 0.338 e. The van der Waals surface area contributed by atoms with Crippen LogP contribution in [0.15, 0.2) is 53.4 Å². The van der Waals surface area contributed by atoms with Crippen LogP contribution < -0.4 is 4.72 Å². The van der Waals surface area contributed by atoms with Crippen molar-refractivity contribution < 1.29 is 8.42 Å². The molecule has 21 heavy (non-hydrogen) atoms. The molecule has 0 aliphatic rings. The Bertz CT molecular complexity index is 834. The Morgan fingerprint density at radius 1 is 1.10 bits per heavy atom. The zero-order valence-corrected chi connectivity index (χ0v) is 12.3. The predicted octanol–water partition coefficient (Wildman–Crippen LogP) is 2.53. The first-order valence-electron chi connectivity index (χ1n) is 6.65. The van der Waals surface area contributed by atoms with Crippen LogP contribution in [-0.2, 0) is 10.0 Å². The van der Waals surface area contributed by atoms with Gasteiger partial charge in [-0.1, -0.05) is 19.1 Å². The minimum atomic E-state index is -3.41. The van der Waals surface area contributed by atoms with Crippen molar-refractivity contribution >= 4 is 21.1 Å². The van der Waals surface area contributed by atoms with E-state index in [1.54, 1.807) is 31.2 Å². The van der Waals surface area contributed by atoms with Crippen LogP contribution >= 0.6 is 0 Å². The van der Waals surface area contributed by atoms with Gasteiger partial charge in [0.1, 0.15) is 5.82 Å². The molecule has 0 fully saturated rings. The molecule has 0 aliphatic heterocycles. The highest BCUT2D eigenvalue weighted by Crippen LogP contribution is 2.21. The van der Waals surface area contributed by atoms with Crippen LogP contribution in [0, 0.1) is 0 Å². The lowest BCUT2D eigenvalue weighted by Crippen LogP contribution is -2.22. The van der Waals surface area contributed by atoms with E-state index in [-0.39, 0.29) is 4.90 Å². The Kier molecular flexibility index (Phi) is 3.48. The first-order chi connectivity index (χ1) is 10.1. The van der Waals surface area contributed by atoms with Gasteiger partial charge in [-0.15, -0.1) is 0 Å². The maximum absolute atomic E-state index is 11.9. The number of nitrogens with one attached hydrogen (secondary N) is 2. The van der Waals surface area contributed by atoms with Gasteiger partial charge in [0, 0.05) is 12.1 Å². The van der Waals surface area contributed by atoms with Gasteiger partial charge in [-0.2, -0.15) is 0 Å². The highest BCUT2D eigenvalue weighted by atomic mass is 32.2. The quantitative estimate of drug-likeness (QED) is 0.777. The molecule has 3 aromatic rings. The van der Waals surface area contributed by atoms with Crippen LogP contribution in [0.3, 0.4) is 0 Å². The van der Waals surface area contributed by atoms with Gasteiger partial charge in [-0.3, -0.25) is 0 Å². The van der Waals surface area contributed by atoms with Crippen LogP contribution in [-0.4, -0.2) is 24.9 Å². The molecule has 3 rings (SSSR count). The molecule has 0 bridgehead atoms. The fourth-order valence-electron chi connectivity index (χ4n) is 2.15. The normalized spacial score (nSPS) is 11.9. The lowest BCUT2D eigenvalue weighted by molar-refractivity contribution is 0.584. The molecule has 0 saturated carbocycles. The second-order valence-corrected chi connectivity index (χ2v) is 6.40. The standard InChI is InChI=1S/C15H15N3O2S/c1-2-16-21(19,20)12-9-7-11(8-10-12)15-17-13-5-3-4-6-14(13)18-15/h3-10,16H,2H2,1H3,(H,17,18). The van der Waals surface area contributed by atoms with E-state index in [1.807, 2.05) is 24.3 Å². The monoisotopic (exact) mass is 301 g/mol. The van der Waals surface area contributed by atoms with Crippen LogP contribution in [0.1, 0.15) is 6.92 Å². The molecule has 0 saturated heterocycles. The van der Waals surface area contributed by atoms with Crippen LogP contribution in [0.2, 0.25) is 0 Å². The number of aromatic nitrogens is 2. The highest BCUT2D eigenvalue weighted by molar-refractivity contribution is 7.89. The maximum atomic E-state index is 11.9. The molecule has 1 heterocycles. The van der Waals surface area contributed by atoms with Crippen LogP contribution in [0.5, 0.6) is 0 Å². The minimum absolute atomic E-state index is 0.254. The third kappa shape index (κ3) is 2.68. The van der Waals surface area contributed by atoms with E-state index < -0.39 is 10.0 Å². The van der Waals surface area contributed by atoms with Crippen molar-refractivity contribution in [1.29, 1.82) is 0 Å². The van der Waals surface area contributed by atoms with Gasteiger partial charge in [0.15, 0.2) is 0 Å². The molecule has 0 unspecified atom stereocenters. The second-order valence-electron chi connectivity index (χ2n) is 4.63. The molecular formula is C15H15N3O2S. The van der Waals surface area contributed by atoms with Gasteiger partial charge >= 0.3 is 0 Å². The first kappa shape index (κ1) is 13.8. The summed E-state index contributed by atoms with van der Waals surface area (Å²) >= 11 is 0. The Balaban J connectivity index is 1.97. The van der Waals surface area contributed by atoms with Crippen molar-refractivity contribution in [2.45, 2.75) is 11.8 Å². The first-order valence-corrected chi connectivity index (χ1v) is 8.13. The lowest BCUT2D eigenvalue weighted by Gasteiger charge is -2.04. The van der Waals surface area contributed by atoms with Gasteiger partial charge in [0.2, 0.25) is 10.0 Å². The molecule has 5 nitrogen and oxygen atoms in total. The summed E-state index contributed by atoms with van der Waals surface area (Å²) in [6, 6.07) is 14.4. The van der Waals surface area contributed by atoms with E-state index in [2.05, 4.69) is 14.7 Å². The third-order valence-electron chi connectivity index (χ3n) is 3.16. The average Bonchev–Trinajstić information content (AvgIpc) is 2.91. The summed E-state index contributed by atoms with van der Waals surface area (Å²) in [5.41, 5.74) is 2.69. The molecule has 108 valence electrons. The zero-order chi connectivity index (χ0) is 14.9. The molecule has 0 spiro atoms. The van der Waals surface area contributed by atoms with Gasteiger partial charge < -0.3 is 4.98 Å². The third-order valence-corrected chi connectivity index (χ3v) is 4.72. The van der Waals surface area contributed by atoms with E-state index in [1.165, 1.54) is 0 Å². The number of nitrogens with zero attached hydrogens (tertiary/aromatic N) is 1. The minimum Gasteiger partial charge on any atom is -0.338 e. The number of benzene rings is 2. The number of rotatable bonds is 4. The molecular weight excluding hydrogens is 286 g/mol. The smallest absolute Gasteiger partial charge is 0.240 e. The Labute approximate surface area is 123 Å². The van der Waals surface area contributed by atoms with Gasteiger partial charge in [0.25, 0.3) is 0 Å². The molecule has 6 heteroatoms. The Morgan fingerprint density at radius 3 is 2.48 bits per heavy atom. The molecule has 2 aromatic carbocycles. The topological polar surface area (TPSA) is 74.8 Å². The fraction of sp³-hybridized carbons (Fsp3) is 0.133. The van der Waals surface area contributed by atoms with Crippen molar-refractivity contribution in [3.63, 3.8) is 0 Å². The van der Waals surface area contributed by atoms with Crippen LogP contribution in [0.4, 0.5) is 0 Å². The molecule has 0 amide bonds. The van der Waals surface area contributed by atoms with Crippen molar-refractivity contribution in [1.82, 2.24) is 14.7 Å². The van der Waals surface area contributed by atoms with E-state index in [9.17, 15) is 8.42 Å². The van der Waals surface area contributed by atoms with Crippen molar-refractivity contribution in [2.75, 3.05) is 6.54 Å². The zero-order valence-electron chi connectivity index (χ0n) is 11.5. The summed E-state index contributed by atoms with van der Waals surface area (Å²) in [6.07, 6.45) is 0. The summed E-state index contributed by atoms with van der Waals surface area (Å²) in [7, 11) is -3.41. The number of fused-ring (bicyclic) bond motifs is 1. The van der Waals surface area contributed by atoms with E-state index in [4.69, 9.17) is 0 Å². The van der Waals surface area contributed by atoms with Crippen LogP contribution in [0.25, 0.3) is 22.4 Å². The number of hydrogen-bond donors (Lipinski definition) is 2. The van der Waals surface area contributed by atoms with Crippen molar-refractivity contribution in [3.05, 3.63) is 48.5 Å². The highest BCUT2D eigenvalue weighted by Gasteiger charge is 2.13. The lowest BCUT2D eigenvalue weighted by atomic mass is 10.2. The molecule has 2 N–H and O–H groups in total. The summed E-state index contributed by atoms with van der Waals surface area (Å²) in [6.45, 7) is 2.12. The van der Waals surface area contributed by atoms with E-state index >= 15 is 0 Å². The fourth-order valence-corrected chi connectivity index (χ4v) is 3.20. The Hall–Kier alpha value is -2.18. The summed E-state index contributed by atoms with van der Waals surface area (Å²) < 4.78 is 26.2. The number of H-pyrrole nitrogens is 1. The second kappa shape index (κ2) is 5.31. The predicted molar refractivity (Wildman–Crippen MR) is 82.4 cm³/mol. The van der Waals surface area contributed by atoms with E-state index in [0.29, 0.717) is 6.54 Å². The summed E-state index contributed by atoms with van der Waals surface area (Å²) in [5.74, 6) is 0.726. The maximum Gasteiger partial charge on any atom is 0.240 e. The summed E-state index contributed by atoms with van der Waals surface area (Å²) in [5, 5.41) is 0. The number of para-hydroxylation sites is 2. The van der Waals surface area contributed by atoms with Gasteiger partial charge in [-0.25, -0.2) is 18.1 Å². The molecule has 0 atom stereocenters. The van der Waals surface area contributed by atoms with Crippen molar-refractivity contribution in [2.24, 2.45) is 0 Å². The molecule has 0 radical (unpaired) electrons. The number of imidazole rings is 1. The molecule has 0 aliphatic carbocycles. The van der Waals surface area contributed by atoms with Crippen molar-refractivity contribution in [3.8, 4) is 11.4 Å². The number of sulfonamides is 1. The van der Waals surface area contributed by atoms with Gasteiger partial charge in [0.05, 0.1) is 15.9 Å². The summed E-state index contributed by atoms with van der Waals surface area (Å²) in [4.78, 5) is 7.96. The Morgan fingerprint density at radius 2 is 1.81 bits per heavy atom.